The molecule has 0 N–H and O–H groups in total. The van der Waals surface area contributed by atoms with Gasteiger partial charge in [0.1, 0.15) is 0 Å². The maximum atomic E-state index is 2.72. The Balaban J connectivity index is 5.06. The molecule has 0 radical (unpaired) electrons. The van der Waals surface area contributed by atoms with Gasteiger partial charge in [-0.25, -0.2) is 0 Å². The van der Waals surface area contributed by atoms with Crippen molar-refractivity contribution >= 4 is 43.3 Å². The summed E-state index contributed by atoms with van der Waals surface area (Å²) < 4.78 is 0. The van der Waals surface area contributed by atoms with Crippen LogP contribution in [0.5, 0.6) is 0 Å². The van der Waals surface area contributed by atoms with Gasteiger partial charge in [-0.3, -0.25) is 0 Å². The molecule has 0 unspecified atom stereocenters. The first-order chi connectivity index (χ1) is 5.77. The van der Waals surface area contributed by atoms with Crippen molar-refractivity contribution in [3.8, 4) is 0 Å². The molecule has 0 rings (SSSR count). The fraction of sp³-hybridized carbons (Fsp3) is 1.00. The molecule has 0 nitrogen and oxygen atoms in total. The van der Waals surface area contributed by atoms with E-state index in [9.17, 15) is 0 Å². The van der Waals surface area contributed by atoms with Gasteiger partial charge in [0.15, 0.2) is 0 Å². The molecule has 5 heteroatoms. The van der Waals surface area contributed by atoms with Crippen LogP contribution in [0, 0.1) is 0 Å². The fourth-order valence-corrected chi connectivity index (χ4v) is 383. The van der Waals surface area contributed by atoms with Crippen molar-refractivity contribution in [3.05, 3.63) is 0 Å². The van der Waals surface area contributed by atoms with Gasteiger partial charge in [-0.15, -0.1) is 0 Å². The van der Waals surface area contributed by atoms with E-state index in [4.69, 9.17) is 0 Å². The fourth-order valence-electron chi connectivity index (χ4n) is 2.40. The van der Waals surface area contributed by atoms with Gasteiger partial charge in [0.2, 0.25) is 0 Å². The third-order valence-corrected chi connectivity index (χ3v) is 383. The molecule has 0 aliphatic heterocycles. The second-order valence-corrected chi connectivity index (χ2v) is 160. The summed E-state index contributed by atoms with van der Waals surface area (Å²) in [6, 6.07) is 0. The van der Waals surface area contributed by atoms with Crippen molar-refractivity contribution in [2.24, 2.45) is 0 Å². The summed E-state index contributed by atoms with van der Waals surface area (Å²) in [5.74, 6) is 0. The zero-order valence-electron chi connectivity index (χ0n) is 10.3. The van der Waals surface area contributed by atoms with Crippen LogP contribution in [0.15, 0.2) is 0 Å². The Hall–Kier alpha value is 3.12. The quantitative estimate of drug-likeness (QED) is 0.510. The zero-order valence-corrected chi connectivity index (χ0v) is 20.3. The first-order valence-corrected chi connectivity index (χ1v) is 46.1. The van der Waals surface area contributed by atoms with Crippen LogP contribution in [0.2, 0.25) is 45.7 Å². The molecule has 0 saturated carbocycles. The SMILES string of the molecule is C[As](C)[Zr]([As](C)C)([As](C)C)[As](C)C. The van der Waals surface area contributed by atoms with Gasteiger partial charge in [-0.1, -0.05) is 0 Å². The molecular weight excluding hydrogens is 487 g/mol. The molecule has 0 amide bonds. The molecule has 0 aliphatic rings. The summed E-state index contributed by atoms with van der Waals surface area (Å²) in [6.07, 6.45) is 0. The summed E-state index contributed by atoms with van der Waals surface area (Å²) in [5.41, 5.74) is 21.8. The van der Waals surface area contributed by atoms with Gasteiger partial charge in [0.25, 0.3) is 0 Å². The van der Waals surface area contributed by atoms with Crippen LogP contribution in [0.3, 0.4) is 0 Å². The standard InChI is InChI=1S/4C2H6As.Zr/c4*1-3-2;/h4*1-2H3;/q4*-1;+4. The second-order valence-electron chi connectivity index (χ2n) is 4.18. The van der Waals surface area contributed by atoms with Crippen molar-refractivity contribution in [2.45, 2.75) is 45.7 Å². The summed E-state index contributed by atoms with van der Waals surface area (Å²) in [6.45, 7) is 0. The Kier molecular flexibility index (Phi) is 8.38. The van der Waals surface area contributed by atoms with Crippen molar-refractivity contribution in [3.63, 3.8) is 0 Å². The Morgan fingerprint density at radius 2 is 0.615 bits per heavy atom. The minimum atomic E-state index is -1.34. The molecule has 0 atom stereocenters. The van der Waals surface area contributed by atoms with Crippen molar-refractivity contribution in [2.75, 3.05) is 0 Å². The monoisotopic (exact) mass is 510 g/mol. The van der Waals surface area contributed by atoms with Crippen LogP contribution in [0.4, 0.5) is 0 Å². The molecule has 13 heavy (non-hydrogen) atoms. The number of rotatable bonds is 4. The summed E-state index contributed by atoms with van der Waals surface area (Å²) in [7, 11) is -2.38. The van der Waals surface area contributed by atoms with Crippen LogP contribution in [-0.4, -0.2) is 43.3 Å². The Morgan fingerprint density at radius 1 is 0.462 bits per heavy atom. The van der Waals surface area contributed by atoms with Gasteiger partial charge >= 0.3 is 98.8 Å². The van der Waals surface area contributed by atoms with Crippen LogP contribution < -0.4 is 0 Å². The van der Waals surface area contributed by atoms with Gasteiger partial charge in [0.05, 0.1) is 0 Å². The summed E-state index contributed by atoms with van der Waals surface area (Å²) in [5, 5.41) is 0. The normalized spacial score (nSPS) is 13.8. The van der Waals surface area contributed by atoms with E-state index >= 15 is 0 Å². The van der Waals surface area contributed by atoms with Crippen LogP contribution >= 0.6 is 0 Å². The Morgan fingerprint density at radius 3 is 0.615 bits per heavy atom. The Labute approximate surface area is 96.7 Å². The maximum absolute atomic E-state index is 2.72. The van der Waals surface area contributed by atoms with Gasteiger partial charge in [-0.05, 0) is 0 Å². The van der Waals surface area contributed by atoms with Gasteiger partial charge in [-0.2, -0.15) is 0 Å². The van der Waals surface area contributed by atoms with E-state index in [1.54, 1.807) is 0 Å². The van der Waals surface area contributed by atoms with E-state index in [1.165, 1.54) is 0 Å². The molecule has 0 fully saturated rings. The van der Waals surface area contributed by atoms with E-state index in [0.717, 1.165) is 0 Å². The second kappa shape index (κ2) is 6.76. The van der Waals surface area contributed by atoms with E-state index in [-0.39, 0.29) is 43.3 Å². The topological polar surface area (TPSA) is 0 Å². The van der Waals surface area contributed by atoms with Crippen molar-refractivity contribution in [1.29, 1.82) is 0 Å². The van der Waals surface area contributed by atoms with E-state index in [1.807, 2.05) is 0 Å². The van der Waals surface area contributed by atoms with Crippen LogP contribution in [0.25, 0.3) is 0 Å². The molecule has 0 aromatic rings. The Bertz CT molecular complexity index is 119. The first kappa shape index (κ1) is 16.1. The molecule has 0 aromatic heterocycles. The third-order valence-electron chi connectivity index (χ3n) is 2.40. The minimum absolute atomic E-state index is 0.259. The molecule has 0 spiro atoms. The molecule has 0 aliphatic carbocycles. The van der Waals surface area contributed by atoms with Gasteiger partial charge in [0, 0.05) is 0 Å². The number of hydrogen-bond donors (Lipinski definition) is 0. The molecule has 0 bridgehead atoms. The van der Waals surface area contributed by atoms with Crippen LogP contribution in [-0.2, 0) is 9.87 Å². The average molecular weight is 511 g/mol. The zero-order chi connectivity index (χ0) is 10.8. The van der Waals surface area contributed by atoms with E-state index in [0.29, 0.717) is 0 Å². The van der Waals surface area contributed by atoms with Crippen molar-refractivity contribution in [1.82, 2.24) is 0 Å². The summed E-state index contributed by atoms with van der Waals surface area (Å²) in [4.78, 5) is 0. The van der Waals surface area contributed by atoms with Crippen molar-refractivity contribution < 1.29 is 9.87 Å². The molecule has 0 saturated heterocycles. The van der Waals surface area contributed by atoms with Gasteiger partial charge < -0.3 is 0 Å². The first-order valence-electron chi connectivity index (χ1n) is 4.47. The predicted octanol–water partition coefficient (Wildman–Crippen LogP) is 3.14. The number of hydrogen-bond acceptors (Lipinski definition) is 0. The van der Waals surface area contributed by atoms with Crippen LogP contribution in [0.1, 0.15) is 0 Å². The molecule has 0 heterocycles. The average Bonchev–Trinajstić information content (AvgIpc) is 1.82. The molecular formula is C8H24As4Zr. The van der Waals surface area contributed by atoms with E-state index < -0.39 is 9.87 Å². The predicted molar refractivity (Wildman–Crippen MR) is 69.9 cm³/mol. The summed E-state index contributed by atoms with van der Waals surface area (Å²) >= 11 is 0. The van der Waals surface area contributed by atoms with E-state index in [2.05, 4.69) is 45.7 Å². The molecule has 0 aromatic carbocycles. The third kappa shape index (κ3) is 3.54. The molecule has 80 valence electrons.